The lowest BCUT2D eigenvalue weighted by Crippen LogP contribution is -2.12. The van der Waals surface area contributed by atoms with Gasteiger partial charge in [0, 0.05) is 29.4 Å². The van der Waals surface area contributed by atoms with E-state index in [0.29, 0.717) is 0 Å². The van der Waals surface area contributed by atoms with E-state index in [0.717, 1.165) is 29.3 Å². The molecule has 0 radical (unpaired) electrons. The van der Waals surface area contributed by atoms with Crippen molar-refractivity contribution in [2.24, 2.45) is 5.92 Å². The predicted octanol–water partition coefficient (Wildman–Crippen LogP) is 2.58. The molecule has 3 heteroatoms. The van der Waals surface area contributed by atoms with Gasteiger partial charge in [0.2, 0.25) is 5.91 Å². The highest BCUT2D eigenvalue weighted by Crippen LogP contribution is 2.30. The number of nitrogens with zero attached hydrogens (tertiary/aromatic N) is 1. The van der Waals surface area contributed by atoms with E-state index in [4.69, 9.17) is 0 Å². The van der Waals surface area contributed by atoms with Crippen LogP contribution in [0.5, 0.6) is 0 Å². The molecule has 1 amide bonds. The minimum Gasteiger partial charge on any atom is -0.326 e. The molecule has 2 aromatic rings. The molecule has 3 nitrogen and oxygen atoms in total. The van der Waals surface area contributed by atoms with Gasteiger partial charge in [0.1, 0.15) is 0 Å². The van der Waals surface area contributed by atoms with Gasteiger partial charge in [0.05, 0.1) is 0 Å². The lowest BCUT2D eigenvalue weighted by Gasteiger charge is -2.05. The Labute approximate surface area is 93.5 Å². The molecular weight excluding hydrogens is 200 g/mol. The van der Waals surface area contributed by atoms with Crippen molar-refractivity contribution >= 4 is 22.4 Å². The highest BCUT2D eigenvalue weighted by atomic mass is 16.2. The number of anilines is 1. The molecule has 0 atom stereocenters. The van der Waals surface area contributed by atoms with Gasteiger partial charge < -0.3 is 5.32 Å². The van der Waals surface area contributed by atoms with Gasteiger partial charge in [0.25, 0.3) is 0 Å². The van der Waals surface area contributed by atoms with Crippen molar-refractivity contribution in [3.63, 3.8) is 0 Å². The van der Waals surface area contributed by atoms with Crippen LogP contribution in [0.1, 0.15) is 12.8 Å². The minimum absolute atomic E-state index is 0.147. The van der Waals surface area contributed by atoms with Crippen LogP contribution in [-0.2, 0) is 4.79 Å². The summed E-state index contributed by atoms with van der Waals surface area (Å²) in [4.78, 5) is 15.6. The van der Waals surface area contributed by atoms with Crippen LogP contribution in [0.25, 0.3) is 10.8 Å². The molecule has 0 aliphatic heterocycles. The zero-order valence-corrected chi connectivity index (χ0v) is 8.81. The van der Waals surface area contributed by atoms with Crippen molar-refractivity contribution in [2.45, 2.75) is 12.8 Å². The Morgan fingerprint density at radius 3 is 2.94 bits per heavy atom. The summed E-state index contributed by atoms with van der Waals surface area (Å²) < 4.78 is 0. The fourth-order valence-electron chi connectivity index (χ4n) is 1.75. The highest BCUT2D eigenvalue weighted by molar-refractivity contribution is 5.96. The minimum atomic E-state index is 0.147. The lowest BCUT2D eigenvalue weighted by atomic mass is 10.1. The molecular formula is C13H12N2O. The van der Waals surface area contributed by atoms with E-state index in [1.54, 1.807) is 6.20 Å². The maximum absolute atomic E-state index is 11.6. The van der Waals surface area contributed by atoms with Crippen molar-refractivity contribution in [3.05, 3.63) is 36.7 Å². The van der Waals surface area contributed by atoms with E-state index >= 15 is 0 Å². The molecule has 1 fully saturated rings. The molecule has 1 aromatic heterocycles. The van der Waals surface area contributed by atoms with Crippen LogP contribution in [0.15, 0.2) is 36.7 Å². The van der Waals surface area contributed by atoms with Crippen LogP contribution in [-0.4, -0.2) is 10.9 Å². The zero-order chi connectivity index (χ0) is 11.0. The molecule has 1 saturated carbocycles. The van der Waals surface area contributed by atoms with Crippen molar-refractivity contribution in [1.82, 2.24) is 4.98 Å². The monoisotopic (exact) mass is 212 g/mol. The SMILES string of the molecule is O=C(Nc1ccc2cnccc2c1)C1CC1. The van der Waals surface area contributed by atoms with Gasteiger partial charge in [-0.25, -0.2) is 0 Å². The van der Waals surface area contributed by atoms with Gasteiger partial charge in [-0.2, -0.15) is 0 Å². The Hall–Kier alpha value is -1.90. The molecule has 16 heavy (non-hydrogen) atoms. The number of hydrogen-bond acceptors (Lipinski definition) is 2. The summed E-state index contributed by atoms with van der Waals surface area (Å²) in [6, 6.07) is 7.83. The molecule has 0 saturated heterocycles. The molecule has 0 bridgehead atoms. The normalized spacial score (nSPS) is 15.0. The standard InChI is InChI=1S/C13H12N2O/c16-13(9-1-2-9)15-12-4-3-11-8-14-6-5-10(11)7-12/h3-9H,1-2H2,(H,15,16). The molecule has 3 rings (SSSR count). The summed E-state index contributed by atoms with van der Waals surface area (Å²) in [7, 11) is 0. The van der Waals surface area contributed by atoms with E-state index < -0.39 is 0 Å². The van der Waals surface area contributed by atoms with Gasteiger partial charge in [-0.1, -0.05) is 6.07 Å². The Balaban J connectivity index is 1.89. The molecule has 1 heterocycles. The molecule has 1 aliphatic rings. The van der Waals surface area contributed by atoms with Crippen LogP contribution >= 0.6 is 0 Å². The summed E-state index contributed by atoms with van der Waals surface area (Å²) in [5.41, 5.74) is 0.871. The summed E-state index contributed by atoms with van der Waals surface area (Å²) in [6.07, 6.45) is 5.64. The third kappa shape index (κ3) is 1.76. The number of rotatable bonds is 2. The number of carbonyl (C=O) groups excluding carboxylic acids is 1. The fourth-order valence-corrected chi connectivity index (χ4v) is 1.75. The maximum Gasteiger partial charge on any atom is 0.227 e. The first kappa shape index (κ1) is 9.33. The van der Waals surface area contributed by atoms with Crippen LogP contribution in [0.3, 0.4) is 0 Å². The van der Waals surface area contributed by atoms with E-state index in [1.807, 2.05) is 30.5 Å². The largest absolute Gasteiger partial charge is 0.326 e. The van der Waals surface area contributed by atoms with Gasteiger partial charge in [0.15, 0.2) is 0 Å². The van der Waals surface area contributed by atoms with Crippen LogP contribution < -0.4 is 5.32 Å². The summed E-state index contributed by atoms with van der Waals surface area (Å²) in [5.74, 6) is 0.390. The number of pyridine rings is 1. The third-order valence-corrected chi connectivity index (χ3v) is 2.86. The first-order chi connectivity index (χ1) is 7.83. The summed E-state index contributed by atoms with van der Waals surface area (Å²) in [6.45, 7) is 0. The van der Waals surface area contributed by atoms with Crippen LogP contribution in [0, 0.1) is 5.92 Å². The molecule has 0 spiro atoms. The fraction of sp³-hybridized carbons (Fsp3) is 0.231. The van der Waals surface area contributed by atoms with E-state index in [9.17, 15) is 4.79 Å². The second kappa shape index (κ2) is 3.59. The number of carbonyl (C=O) groups is 1. The van der Waals surface area contributed by atoms with Gasteiger partial charge in [-0.15, -0.1) is 0 Å². The molecule has 1 N–H and O–H groups in total. The highest BCUT2D eigenvalue weighted by Gasteiger charge is 2.29. The van der Waals surface area contributed by atoms with Crippen molar-refractivity contribution in [3.8, 4) is 0 Å². The number of hydrogen-bond donors (Lipinski definition) is 1. The Bertz CT molecular complexity index is 546. The molecule has 1 aliphatic carbocycles. The van der Waals surface area contributed by atoms with Gasteiger partial charge in [-0.3, -0.25) is 9.78 Å². The Morgan fingerprint density at radius 2 is 2.12 bits per heavy atom. The van der Waals surface area contributed by atoms with Crippen molar-refractivity contribution < 1.29 is 4.79 Å². The average molecular weight is 212 g/mol. The van der Waals surface area contributed by atoms with Crippen molar-refractivity contribution in [2.75, 3.05) is 5.32 Å². The molecule has 80 valence electrons. The number of nitrogens with one attached hydrogen (secondary N) is 1. The first-order valence-corrected chi connectivity index (χ1v) is 5.47. The second-order valence-electron chi connectivity index (χ2n) is 4.20. The smallest absolute Gasteiger partial charge is 0.227 e. The predicted molar refractivity (Wildman–Crippen MR) is 63.1 cm³/mol. The number of aromatic nitrogens is 1. The Kier molecular flexibility index (Phi) is 2.10. The van der Waals surface area contributed by atoms with Crippen LogP contribution in [0.2, 0.25) is 0 Å². The summed E-state index contributed by atoms with van der Waals surface area (Å²) in [5, 5.41) is 5.13. The van der Waals surface area contributed by atoms with E-state index in [1.165, 1.54) is 0 Å². The maximum atomic E-state index is 11.6. The number of amides is 1. The third-order valence-electron chi connectivity index (χ3n) is 2.86. The van der Waals surface area contributed by atoms with E-state index in [2.05, 4.69) is 10.3 Å². The van der Waals surface area contributed by atoms with Gasteiger partial charge >= 0.3 is 0 Å². The van der Waals surface area contributed by atoms with E-state index in [-0.39, 0.29) is 11.8 Å². The zero-order valence-electron chi connectivity index (χ0n) is 8.81. The lowest BCUT2D eigenvalue weighted by molar-refractivity contribution is -0.117. The Morgan fingerprint density at radius 1 is 1.25 bits per heavy atom. The number of fused-ring (bicyclic) bond motifs is 1. The number of benzene rings is 1. The van der Waals surface area contributed by atoms with Gasteiger partial charge in [-0.05, 0) is 36.4 Å². The molecule has 0 unspecified atom stereocenters. The molecule has 1 aromatic carbocycles. The average Bonchev–Trinajstić information content (AvgIpc) is 3.12. The van der Waals surface area contributed by atoms with Crippen LogP contribution in [0.4, 0.5) is 5.69 Å². The first-order valence-electron chi connectivity index (χ1n) is 5.47. The topological polar surface area (TPSA) is 42.0 Å². The quantitative estimate of drug-likeness (QED) is 0.831. The van der Waals surface area contributed by atoms with Crippen molar-refractivity contribution in [1.29, 1.82) is 0 Å². The second-order valence-corrected chi connectivity index (χ2v) is 4.20. The summed E-state index contributed by atoms with van der Waals surface area (Å²) >= 11 is 0.